The van der Waals surface area contributed by atoms with E-state index in [0.29, 0.717) is 18.4 Å². The normalized spacial score (nSPS) is 12.0. The number of aliphatic hydroxyl groups excluding tert-OH is 1. The van der Waals surface area contributed by atoms with E-state index in [-0.39, 0.29) is 50.2 Å². The summed E-state index contributed by atoms with van der Waals surface area (Å²) in [5, 5.41) is 9.28. The van der Waals surface area contributed by atoms with E-state index in [4.69, 9.17) is 14.2 Å². The molecule has 0 fully saturated rings. The maximum absolute atomic E-state index is 15.2. The largest absolute Gasteiger partial charge is 0.465 e. The molecule has 7 heteroatoms. The number of carbonyl (C=O) groups excluding carboxylic acids is 2. The third kappa shape index (κ3) is 11.2. The van der Waals surface area contributed by atoms with Crippen LogP contribution in [0.25, 0.3) is 22.3 Å². The molecular weight excluding hydrogens is 583 g/mol. The Hall–Kier alpha value is -3.81. The summed E-state index contributed by atoms with van der Waals surface area (Å²) in [7, 11) is 1.47. The van der Waals surface area contributed by atoms with Crippen molar-refractivity contribution in [2.24, 2.45) is 11.3 Å². The Kier molecular flexibility index (Phi) is 14.6. The first-order valence-electron chi connectivity index (χ1n) is 16.2. The Morgan fingerprint density at radius 2 is 1.48 bits per heavy atom. The summed E-state index contributed by atoms with van der Waals surface area (Å²) in [5.41, 5.74) is 4.85. The Labute approximate surface area is 273 Å². The van der Waals surface area contributed by atoms with Crippen molar-refractivity contribution in [2.45, 2.75) is 65.7 Å². The van der Waals surface area contributed by atoms with E-state index in [9.17, 15) is 14.7 Å². The van der Waals surface area contributed by atoms with E-state index in [2.05, 4.69) is 25.6 Å². The zero-order valence-electron chi connectivity index (χ0n) is 27.8. The molecule has 0 spiro atoms. The summed E-state index contributed by atoms with van der Waals surface area (Å²) < 4.78 is 31.2. The molecule has 0 aromatic heterocycles. The standard InChI is InChI=1S/C39H49FO6/c1-6-7-8-9-29-14-18-33(19-15-29)35-21-20-34(24-36(35)40)32-16-12-30(13-17-32)10-11-31(26-45-37(42)28(2)25-44-5)27-46-38(43)39(3,4)22-23-41/h12-21,24,31,41H,2,6-11,22-23,25-27H2,1,3-5H3. The summed E-state index contributed by atoms with van der Waals surface area (Å²) in [6.07, 6.45) is 6.15. The molecule has 3 aromatic rings. The fraction of sp³-hybridized carbons (Fsp3) is 0.436. The number of carbonyl (C=O) groups is 2. The smallest absolute Gasteiger partial charge is 0.335 e. The van der Waals surface area contributed by atoms with Gasteiger partial charge in [-0.3, -0.25) is 4.79 Å². The molecule has 0 bridgehead atoms. The number of ether oxygens (including phenoxy) is 3. The molecule has 0 aliphatic carbocycles. The van der Waals surface area contributed by atoms with Crippen molar-refractivity contribution in [3.05, 3.63) is 95.8 Å². The first kappa shape index (κ1) is 36.7. The van der Waals surface area contributed by atoms with Crippen LogP contribution in [-0.4, -0.2) is 50.6 Å². The lowest BCUT2D eigenvalue weighted by atomic mass is 9.90. The van der Waals surface area contributed by atoms with Crippen LogP contribution in [0.4, 0.5) is 4.39 Å². The zero-order chi connectivity index (χ0) is 33.5. The third-order valence-electron chi connectivity index (χ3n) is 8.23. The quantitative estimate of drug-likeness (QED) is 0.0816. The molecule has 46 heavy (non-hydrogen) atoms. The molecule has 1 atom stereocenters. The fourth-order valence-corrected chi connectivity index (χ4v) is 5.11. The van der Waals surface area contributed by atoms with E-state index in [1.807, 2.05) is 48.5 Å². The summed E-state index contributed by atoms with van der Waals surface area (Å²) in [5.74, 6) is -1.48. The SMILES string of the molecule is C=C(COC)C(=O)OCC(CCc1ccc(-c2ccc(-c3ccc(CCCCC)cc3)c(F)c2)cc1)COC(=O)C(C)(C)CCO. The number of aliphatic hydroxyl groups is 1. The van der Waals surface area contributed by atoms with Crippen LogP contribution >= 0.6 is 0 Å². The van der Waals surface area contributed by atoms with Gasteiger partial charge in [0.15, 0.2) is 0 Å². The molecular formula is C39H49FO6. The van der Waals surface area contributed by atoms with Gasteiger partial charge < -0.3 is 19.3 Å². The number of methoxy groups -OCH3 is 1. The van der Waals surface area contributed by atoms with Crippen LogP contribution in [0, 0.1) is 17.2 Å². The Morgan fingerprint density at radius 1 is 0.870 bits per heavy atom. The second-order valence-electron chi connectivity index (χ2n) is 12.5. The van der Waals surface area contributed by atoms with Gasteiger partial charge in [-0.25, -0.2) is 9.18 Å². The van der Waals surface area contributed by atoms with Crippen molar-refractivity contribution in [1.29, 1.82) is 0 Å². The Balaban J connectivity index is 1.64. The number of benzene rings is 3. The maximum Gasteiger partial charge on any atom is 0.335 e. The molecule has 0 heterocycles. The molecule has 0 aliphatic rings. The first-order chi connectivity index (χ1) is 22.1. The van der Waals surface area contributed by atoms with E-state index in [1.165, 1.54) is 31.9 Å². The summed E-state index contributed by atoms with van der Waals surface area (Å²) in [6.45, 7) is 9.40. The van der Waals surface area contributed by atoms with Crippen molar-refractivity contribution in [1.82, 2.24) is 0 Å². The number of hydrogen-bond acceptors (Lipinski definition) is 6. The molecule has 6 nitrogen and oxygen atoms in total. The fourth-order valence-electron chi connectivity index (χ4n) is 5.11. The molecule has 0 amide bonds. The predicted molar refractivity (Wildman–Crippen MR) is 181 cm³/mol. The van der Waals surface area contributed by atoms with E-state index >= 15 is 4.39 Å². The number of rotatable bonds is 19. The maximum atomic E-state index is 15.2. The van der Waals surface area contributed by atoms with Gasteiger partial charge >= 0.3 is 11.9 Å². The van der Waals surface area contributed by atoms with Crippen LogP contribution in [0.3, 0.4) is 0 Å². The number of halogens is 1. The highest BCUT2D eigenvalue weighted by Crippen LogP contribution is 2.29. The number of aryl methyl sites for hydroxylation is 2. The van der Waals surface area contributed by atoms with Gasteiger partial charge in [0.25, 0.3) is 0 Å². The number of unbranched alkanes of at least 4 members (excludes halogenated alkanes) is 2. The zero-order valence-corrected chi connectivity index (χ0v) is 27.8. The minimum absolute atomic E-state index is 0.0561. The topological polar surface area (TPSA) is 82.1 Å². The van der Waals surface area contributed by atoms with Crippen LogP contribution in [0.1, 0.15) is 64.0 Å². The highest BCUT2D eigenvalue weighted by molar-refractivity contribution is 5.88. The highest BCUT2D eigenvalue weighted by Gasteiger charge is 2.29. The lowest BCUT2D eigenvalue weighted by Gasteiger charge is -2.24. The average Bonchev–Trinajstić information content (AvgIpc) is 3.05. The minimum atomic E-state index is -0.825. The molecule has 1 N–H and O–H groups in total. The lowest BCUT2D eigenvalue weighted by molar-refractivity contribution is -0.157. The molecule has 0 saturated heterocycles. The molecule has 3 aromatic carbocycles. The van der Waals surface area contributed by atoms with Crippen molar-refractivity contribution in [3.8, 4) is 22.3 Å². The van der Waals surface area contributed by atoms with E-state index in [0.717, 1.165) is 28.7 Å². The predicted octanol–water partition coefficient (Wildman–Crippen LogP) is 8.14. The summed E-state index contributed by atoms with van der Waals surface area (Å²) in [6, 6.07) is 21.5. The van der Waals surface area contributed by atoms with Crippen LogP contribution in [0.15, 0.2) is 78.9 Å². The van der Waals surface area contributed by atoms with E-state index in [1.54, 1.807) is 19.9 Å². The lowest BCUT2D eigenvalue weighted by Crippen LogP contribution is -2.30. The second kappa shape index (κ2) is 18.4. The van der Waals surface area contributed by atoms with Crippen molar-refractivity contribution >= 4 is 11.9 Å². The van der Waals surface area contributed by atoms with Crippen LogP contribution in [0.5, 0.6) is 0 Å². The van der Waals surface area contributed by atoms with Crippen molar-refractivity contribution in [2.75, 3.05) is 33.5 Å². The van der Waals surface area contributed by atoms with Crippen LogP contribution in [-0.2, 0) is 36.6 Å². The van der Waals surface area contributed by atoms with Gasteiger partial charge in [-0.2, -0.15) is 0 Å². The Morgan fingerprint density at radius 3 is 2.09 bits per heavy atom. The first-order valence-corrected chi connectivity index (χ1v) is 16.2. The van der Waals surface area contributed by atoms with Gasteiger partial charge in [-0.05, 0) is 79.8 Å². The van der Waals surface area contributed by atoms with Gasteiger partial charge in [-0.15, -0.1) is 0 Å². The van der Waals surface area contributed by atoms with Gasteiger partial charge in [0.2, 0.25) is 0 Å². The monoisotopic (exact) mass is 632 g/mol. The second-order valence-corrected chi connectivity index (χ2v) is 12.5. The molecule has 0 saturated carbocycles. The van der Waals surface area contributed by atoms with Gasteiger partial charge in [0.1, 0.15) is 5.82 Å². The molecule has 0 aliphatic heterocycles. The summed E-state index contributed by atoms with van der Waals surface area (Å²) >= 11 is 0. The van der Waals surface area contributed by atoms with E-state index < -0.39 is 17.4 Å². The molecule has 3 rings (SSSR count). The summed E-state index contributed by atoms with van der Waals surface area (Å²) in [4.78, 5) is 24.9. The average molecular weight is 633 g/mol. The molecule has 248 valence electrons. The van der Waals surface area contributed by atoms with Gasteiger partial charge in [0, 0.05) is 25.2 Å². The molecule has 1 unspecified atom stereocenters. The van der Waals surface area contributed by atoms with Crippen LogP contribution < -0.4 is 0 Å². The number of esters is 2. The van der Waals surface area contributed by atoms with Crippen LogP contribution in [0.2, 0.25) is 0 Å². The van der Waals surface area contributed by atoms with Gasteiger partial charge in [0.05, 0.1) is 30.8 Å². The highest BCUT2D eigenvalue weighted by atomic mass is 19.1. The van der Waals surface area contributed by atoms with Gasteiger partial charge in [-0.1, -0.05) is 87.0 Å². The van der Waals surface area contributed by atoms with Crippen molar-refractivity contribution in [3.63, 3.8) is 0 Å². The number of hydrogen-bond donors (Lipinski definition) is 1. The van der Waals surface area contributed by atoms with Crippen molar-refractivity contribution < 1.29 is 33.3 Å². The Bertz CT molecular complexity index is 1410. The third-order valence-corrected chi connectivity index (χ3v) is 8.23. The minimum Gasteiger partial charge on any atom is -0.465 e. The molecule has 0 radical (unpaired) electrons.